The number of nitrogens with zero attached hydrogens (tertiary/aromatic N) is 2. The highest BCUT2D eigenvalue weighted by Gasteiger charge is 2.23. The van der Waals surface area contributed by atoms with Crippen LogP contribution in [0.5, 0.6) is 0 Å². The Bertz CT molecular complexity index is 565. The summed E-state index contributed by atoms with van der Waals surface area (Å²) in [6.45, 7) is 3.88. The van der Waals surface area contributed by atoms with Crippen molar-refractivity contribution in [2.24, 2.45) is 5.73 Å². The van der Waals surface area contributed by atoms with Gasteiger partial charge in [-0.3, -0.25) is 0 Å². The van der Waals surface area contributed by atoms with Crippen molar-refractivity contribution >= 4 is 16.6 Å². The molecule has 0 saturated carbocycles. The second-order valence-electron chi connectivity index (χ2n) is 5.05. The number of rotatable bonds is 2. The average molecular weight is 241 g/mol. The second-order valence-corrected chi connectivity index (χ2v) is 5.05. The van der Waals surface area contributed by atoms with Crippen molar-refractivity contribution < 1.29 is 0 Å². The van der Waals surface area contributed by atoms with Crippen LogP contribution in [-0.4, -0.2) is 17.6 Å². The Morgan fingerprint density at radius 2 is 2.22 bits per heavy atom. The normalized spacial score (nSPS) is 19.7. The molecule has 1 atom stereocenters. The first-order valence-electron chi connectivity index (χ1n) is 6.65. The van der Waals surface area contributed by atoms with Crippen molar-refractivity contribution in [2.45, 2.75) is 32.4 Å². The summed E-state index contributed by atoms with van der Waals surface area (Å²) in [5.41, 5.74) is 6.74. The van der Waals surface area contributed by atoms with E-state index in [4.69, 9.17) is 10.7 Å². The van der Waals surface area contributed by atoms with Crippen molar-refractivity contribution in [1.29, 1.82) is 0 Å². The Hall–Kier alpha value is -1.61. The second kappa shape index (κ2) is 4.58. The van der Waals surface area contributed by atoms with Gasteiger partial charge in [0.15, 0.2) is 0 Å². The van der Waals surface area contributed by atoms with Crippen LogP contribution in [0, 0.1) is 0 Å². The van der Waals surface area contributed by atoms with Crippen LogP contribution in [0.25, 0.3) is 10.8 Å². The molecular formula is C15H19N3. The standard InChI is InChI=1S/C15H19N3/c1-11-5-4-8-18(11)15-14-7-3-2-6-12(14)9-13(10-16)17-15/h2-3,6-7,9,11H,4-5,8,10,16H2,1H3. The number of hydrogen-bond donors (Lipinski definition) is 1. The maximum absolute atomic E-state index is 5.76. The molecule has 3 rings (SSSR count). The van der Waals surface area contributed by atoms with Crippen molar-refractivity contribution in [2.75, 3.05) is 11.4 Å². The van der Waals surface area contributed by atoms with E-state index in [1.54, 1.807) is 0 Å². The number of hydrogen-bond acceptors (Lipinski definition) is 3. The number of anilines is 1. The van der Waals surface area contributed by atoms with E-state index in [0.717, 1.165) is 18.1 Å². The molecule has 18 heavy (non-hydrogen) atoms. The molecule has 1 aromatic heterocycles. The third kappa shape index (κ3) is 1.85. The van der Waals surface area contributed by atoms with E-state index < -0.39 is 0 Å². The molecule has 0 spiro atoms. The van der Waals surface area contributed by atoms with Crippen molar-refractivity contribution in [3.05, 3.63) is 36.0 Å². The highest BCUT2D eigenvalue weighted by atomic mass is 15.2. The van der Waals surface area contributed by atoms with Crippen LogP contribution in [0.15, 0.2) is 30.3 Å². The molecule has 0 radical (unpaired) electrons. The average Bonchev–Trinajstić information content (AvgIpc) is 2.83. The summed E-state index contributed by atoms with van der Waals surface area (Å²) in [6, 6.07) is 11.1. The topological polar surface area (TPSA) is 42.2 Å². The molecule has 94 valence electrons. The molecule has 2 heterocycles. The third-order valence-electron chi connectivity index (χ3n) is 3.81. The smallest absolute Gasteiger partial charge is 0.137 e. The molecule has 1 saturated heterocycles. The van der Waals surface area contributed by atoms with Gasteiger partial charge in [0.2, 0.25) is 0 Å². The van der Waals surface area contributed by atoms with Gasteiger partial charge < -0.3 is 10.6 Å². The van der Waals surface area contributed by atoms with Crippen LogP contribution >= 0.6 is 0 Å². The summed E-state index contributed by atoms with van der Waals surface area (Å²) < 4.78 is 0. The highest BCUT2D eigenvalue weighted by Crippen LogP contribution is 2.30. The minimum Gasteiger partial charge on any atom is -0.353 e. The molecule has 1 aliphatic heterocycles. The van der Waals surface area contributed by atoms with Crippen LogP contribution in [0.4, 0.5) is 5.82 Å². The molecule has 2 N–H and O–H groups in total. The Morgan fingerprint density at radius 1 is 1.39 bits per heavy atom. The Morgan fingerprint density at radius 3 is 2.94 bits per heavy atom. The fraction of sp³-hybridized carbons (Fsp3) is 0.400. The van der Waals surface area contributed by atoms with Crippen LogP contribution in [0.1, 0.15) is 25.5 Å². The molecule has 0 aliphatic carbocycles. The predicted molar refractivity (Wildman–Crippen MR) is 75.7 cm³/mol. The Kier molecular flexibility index (Phi) is 2.92. The predicted octanol–water partition coefficient (Wildman–Crippen LogP) is 2.68. The summed E-state index contributed by atoms with van der Waals surface area (Å²) in [5.74, 6) is 1.11. The maximum Gasteiger partial charge on any atom is 0.137 e. The zero-order valence-corrected chi connectivity index (χ0v) is 10.8. The monoisotopic (exact) mass is 241 g/mol. The maximum atomic E-state index is 5.76. The SMILES string of the molecule is CC1CCCN1c1nc(CN)cc2ccccc12. The summed E-state index contributed by atoms with van der Waals surface area (Å²) in [7, 11) is 0. The van der Waals surface area contributed by atoms with Gasteiger partial charge in [-0.1, -0.05) is 24.3 Å². The van der Waals surface area contributed by atoms with Gasteiger partial charge in [-0.2, -0.15) is 0 Å². The molecule has 1 aliphatic rings. The lowest BCUT2D eigenvalue weighted by Gasteiger charge is -2.24. The van der Waals surface area contributed by atoms with Crippen molar-refractivity contribution in [3.63, 3.8) is 0 Å². The first kappa shape index (κ1) is 11.5. The fourth-order valence-electron chi connectivity index (χ4n) is 2.81. The first-order valence-corrected chi connectivity index (χ1v) is 6.65. The van der Waals surface area contributed by atoms with Gasteiger partial charge in [0.1, 0.15) is 5.82 Å². The van der Waals surface area contributed by atoms with Gasteiger partial charge in [-0.25, -0.2) is 4.98 Å². The molecule has 1 fully saturated rings. The zero-order chi connectivity index (χ0) is 12.5. The summed E-state index contributed by atoms with van der Waals surface area (Å²) in [4.78, 5) is 7.17. The summed E-state index contributed by atoms with van der Waals surface area (Å²) in [6.07, 6.45) is 2.51. The summed E-state index contributed by atoms with van der Waals surface area (Å²) >= 11 is 0. The van der Waals surface area contributed by atoms with Crippen LogP contribution in [0.3, 0.4) is 0 Å². The van der Waals surface area contributed by atoms with Crippen LogP contribution in [-0.2, 0) is 6.54 Å². The Labute approximate surface area is 108 Å². The van der Waals surface area contributed by atoms with Gasteiger partial charge in [0.25, 0.3) is 0 Å². The number of benzene rings is 1. The van der Waals surface area contributed by atoms with E-state index in [1.165, 1.54) is 23.6 Å². The van der Waals surface area contributed by atoms with Crippen molar-refractivity contribution in [3.8, 4) is 0 Å². The van der Waals surface area contributed by atoms with Gasteiger partial charge in [0, 0.05) is 24.5 Å². The lowest BCUT2D eigenvalue weighted by atomic mass is 10.1. The molecule has 0 bridgehead atoms. The van der Waals surface area contributed by atoms with Gasteiger partial charge in [0.05, 0.1) is 5.69 Å². The molecule has 1 unspecified atom stereocenters. The van der Waals surface area contributed by atoms with Gasteiger partial charge >= 0.3 is 0 Å². The first-order chi connectivity index (χ1) is 8.79. The number of aromatic nitrogens is 1. The molecule has 3 nitrogen and oxygen atoms in total. The van der Waals surface area contributed by atoms with Gasteiger partial charge in [-0.15, -0.1) is 0 Å². The minimum absolute atomic E-state index is 0.500. The lowest BCUT2D eigenvalue weighted by molar-refractivity contribution is 0.727. The minimum atomic E-state index is 0.500. The van der Waals surface area contributed by atoms with Crippen LogP contribution < -0.4 is 10.6 Å². The lowest BCUT2D eigenvalue weighted by Crippen LogP contribution is -2.27. The van der Waals surface area contributed by atoms with Gasteiger partial charge in [-0.05, 0) is 31.2 Å². The highest BCUT2D eigenvalue weighted by molar-refractivity contribution is 5.92. The van der Waals surface area contributed by atoms with E-state index in [2.05, 4.69) is 42.2 Å². The molecular weight excluding hydrogens is 222 g/mol. The number of pyridine rings is 1. The molecule has 0 amide bonds. The van der Waals surface area contributed by atoms with E-state index >= 15 is 0 Å². The van der Waals surface area contributed by atoms with Crippen LogP contribution in [0.2, 0.25) is 0 Å². The zero-order valence-electron chi connectivity index (χ0n) is 10.8. The fourth-order valence-corrected chi connectivity index (χ4v) is 2.81. The number of nitrogens with two attached hydrogens (primary N) is 1. The Balaban J connectivity index is 2.19. The molecule has 3 heteroatoms. The molecule has 2 aromatic rings. The van der Waals surface area contributed by atoms with E-state index in [-0.39, 0.29) is 0 Å². The van der Waals surface area contributed by atoms with E-state index in [9.17, 15) is 0 Å². The molecule has 1 aromatic carbocycles. The van der Waals surface area contributed by atoms with Crippen molar-refractivity contribution in [1.82, 2.24) is 4.98 Å². The largest absolute Gasteiger partial charge is 0.353 e. The number of fused-ring (bicyclic) bond motifs is 1. The van der Waals surface area contributed by atoms with E-state index in [0.29, 0.717) is 12.6 Å². The quantitative estimate of drug-likeness (QED) is 0.879. The summed E-state index contributed by atoms with van der Waals surface area (Å²) in [5, 5.41) is 2.48. The third-order valence-corrected chi connectivity index (χ3v) is 3.81. The van der Waals surface area contributed by atoms with E-state index in [1.807, 2.05) is 0 Å².